The molecule has 4 atom stereocenters. The molecule has 0 radical (unpaired) electrons. The summed E-state index contributed by atoms with van der Waals surface area (Å²) >= 11 is 2.74. The molecule has 2 amide bonds. The van der Waals surface area contributed by atoms with E-state index < -0.39 is 29.5 Å². The first-order valence-electron chi connectivity index (χ1n) is 7.67. The first-order chi connectivity index (χ1) is 11.9. The third kappa shape index (κ3) is 4.99. The molecule has 1 N–H and O–H groups in total. The summed E-state index contributed by atoms with van der Waals surface area (Å²) in [6, 6.07) is 2.00. The van der Waals surface area contributed by atoms with Crippen molar-refractivity contribution >= 4 is 63.9 Å². The van der Waals surface area contributed by atoms with Crippen molar-refractivity contribution in [3.8, 4) is 0 Å². The predicted octanol–water partition coefficient (Wildman–Crippen LogP) is -3.51. The van der Waals surface area contributed by atoms with Gasteiger partial charge in [0.05, 0.1) is 13.5 Å². The fraction of sp³-hybridized carbons (Fsp3) is 0.438. The number of rotatable bonds is 5. The molecule has 2 aliphatic heterocycles. The van der Waals surface area contributed by atoms with Gasteiger partial charge in [0.15, 0.2) is 6.04 Å². The number of fused-ring (bicyclic) bond motifs is 1. The van der Waals surface area contributed by atoms with Crippen molar-refractivity contribution in [2.24, 2.45) is 0 Å². The molecule has 3 unspecified atom stereocenters. The maximum absolute atomic E-state index is 12.5. The molecule has 27 heavy (non-hydrogen) atoms. The number of nitrogens with one attached hydrogen (secondary N) is 1. The molecular weight excluding hydrogens is 516 g/mol. The van der Waals surface area contributed by atoms with Gasteiger partial charge >= 0.3 is 29.0 Å². The number of nitrogens with zero attached hydrogens (tertiary/aromatic N) is 1. The van der Waals surface area contributed by atoms with E-state index in [4.69, 9.17) is 4.74 Å². The van der Waals surface area contributed by atoms with Crippen LogP contribution in [0.3, 0.4) is 0 Å². The minimum Gasteiger partial charge on any atom is -1.00 e. The number of hydrogen-bond acceptors (Lipinski definition) is 7. The van der Waals surface area contributed by atoms with Crippen LogP contribution in [0.4, 0.5) is 0 Å². The number of carbonyl (C=O) groups is 3. The standard InChI is InChI=1S/C16H17N2O5S2.HI.Mg/c1-8(19)10-7-25-15-12(14(21)18(15)13(10)16(22)23-2)17-11(20)6-9-4-3-5-24-9;;/h3-5,7-8,12-13,15H,6H2,1-2H3,(H,17,20);1H;/q-1;;+2/p-1/t8?,12?,13?,15-;;/m1../s1. The molecule has 0 saturated carbocycles. The Balaban J connectivity index is 0.00000182. The van der Waals surface area contributed by atoms with Crippen LogP contribution in [0, 0.1) is 0 Å². The molecule has 142 valence electrons. The first-order valence-corrected chi connectivity index (χ1v) is 9.49. The molecule has 3 heterocycles. The Labute approximate surface area is 198 Å². The number of amides is 2. The summed E-state index contributed by atoms with van der Waals surface area (Å²) in [6.07, 6.45) is -0.921. The van der Waals surface area contributed by atoms with E-state index in [2.05, 4.69) is 5.32 Å². The number of methoxy groups -OCH3 is 1. The zero-order valence-corrected chi connectivity index (χ0v) is 19.9. The van der Waals surface area contributed by atoms with Crippen molar-refractivity contribution in [3.63, 3.8) is 0 Å². The Kier molecular flexibility index (Phi) is 9.55. The average molecular weight is 533 g/mol. The number of β-lactam (4-membered cyclic amide) rings is 1. The minimum absolute atomic E-state index is 0. The molecule has 3 rings (SSSR count). The van der Waals surface area contributed by atoms with E-state index in [-0.39, 0.29) is 65.3 Å². The van der Waals surface area contributed by atoms with Crippen molar-refractivity contribution in [1.29, 1.82) is 0 Å². The number of thiophene rings is 1. The van der Waals surface area contributed by atoms with Gasteiger partial charge in [0.25, 0.3) is 0 Å². The quantitative estimate of drug-likeness (QED) is 0.183. The van der Waals surface area contributed by atoms with Crippen molar-refractivity contribution in [2.75, 3.05) is 7.11 Å². The summed E-state index contributed by atoms with van der Waals surface area (Å²) < 4.78 is 4.75. The van der Waals surface area contributed by atoms with E-state index in [9.17, 15) is 19.5 Å². The van der Waals surface area contributed by atoms with Crippen LogP contribution in [-0.4, -0.2) is 76.4 Å². The molecule has 0 bridgehead atoms. The van der Waals surface area contributed by atoms with E-state index >= 15 is 0 Å². The van der Waals surface area contributed by atoms with Crippen LogP contribution in [0.15, 0.2) is 28.5 Å². The molecule has 0 aliphatic carbocycles. The van der Waals surface area contributed by atoms with E-state index in [1.54, 1.807) is 5.41 Å². The zero-order chi connectivity index (χ0) is 18.1. The monoisotopic (exact) mass is 532 g/mol. The molecule has 2 aliphatic rings. The van der Waals surface area contributed by atoms with Gasteiger partial charge in [-0.1, -0.05) is 13.0 Å². The first kappa shape index (κ1) is 24.7. The fourth-order valence-electron chi connectivity index (χ4n) is 2.89. The molecule has 1 fully saturated rings. The molecule has 11 heteroatoms. The third-order valence-corrected chi connectivity index (χ3v) is 6.21. The van der Waals surface area contributed by atoms with Crippen LogP contribution in [-0.2, 0) is 25.5 Å². The largest absolute Gasteiger partial charge is 2.00 e. The summed E-state index contributed by atoms with van der Waals surface area (Å²) in [5, 5.41) is 17.6. The summed E-state index contributed by atoms with van der Waals surface area (Å²) in [7, 11) is 1.22. The minimum atomic E-state index is -1.13. The summed E-state index contributed by atoms with van der Waals surface area (Å²) in [5.41, 5.74) is 0.310. The Morgan fingerprint density at radius 2 is 2.15 bits per heavy atom. The fourth-order valence-corrected chi connectivity index (χ4v) is 4.91. The second-order valence-electron chi connectivity index (χ2n) is 5.76. The van der Waals surface area contributed by atoms with Crippen molar-refractivity contribution in [3.05, 3.63) is 33.4 Å². The van der Waals surface area contributed by atoms with Gasteiger partial charge in [-0.05, 0) is 22.4 Å². The van der Waals surface area contributed by atoms with Crippen LogP contribution < -0.4 is 34.4 Å². The van der Waals surface area contributed by atoms with Crippen LogP contribution in [0.1, 0.15) is 11.8 Å². The SMILES string of the molecule is COC(=O)C1C(C(C)[O-])=CS[C@@H]2C(NC(=O)Cc3cccs3)C(=O)N12.[I-].[Mg+2]. The van der Waals surface area contributed by atoms with Gasteiger partial charge in [0.1, 0.15) is 11.4 Å². The number of halogens is 1. The zero-order valence-electron chi connectivity index (χ0n) is 14.7. The van der Waals surface area contributed by atoms with E-state index in [1.807, 2.05) is 17.5 Å². The normalized spacial score (nSPS) is 24.3. The van der Waals surface area contributed by atoms with Gasteiger partial charge in [-0.15, -0.1) is 29.2 Å². The number of ether oxygens (including phenoxy) is 1. The van der Waals surface area contributed by atoms with Gasteiger partial charge < -0.3 is 44.0 Å². The molecule has 7 nitrogen and oxygen atoms in total. The summed E-state index contributed by atoms with van der Waals surface area (Å²) in [5.74, 6) is -1.27. The van der Waals surface area contributed by atoms with Crippen LogP contribution >= 0.6 is 23.1 Å². The molecule has 0 aromatic carbocycles. The maximum atomic E-state index is 12.5. The Morgan fingerprint density at radius 3 is 2.70 bits per heavy atom. The molecule has 1 saturated heterocycles. The van der Waals surface area contributed by atoms with Crippen LogP contribution in [0.5, 0.6) is 0 Å². The molecule has 1 aromatic heterocycles. The Hall–Kier alpha value is -0.344. The maximum Gasteiger partial charge on any atom is 2.00 e. The van der Waals surface area contributed by atoms with Crippen LogP contribution in [0.25, 0.3) is 0 Å². The molecular formula is C16H17IMgN2O5S2. The summed E-state index contributed by atoms with van der Waals surface area (Å²) in [4.78, 5) is 38.9. The van der Waals surface area contributed by atoms with Gasteiger partial charge in [0.2, 0.25) is 11.8 Å². The van der Waals surface area contributed by atoms with Crippen molar-refractivity contribution < 1.29 is 48.2 Å². The van der Waals surface area contributed by atoms with E-state index in [1.165, 1.54) is 42.0 Å². The number of hydrogen-bond donors (Lipinski definition) is 1. The van der Waals surface area contributed by atoms with Gasteiger partial charge in [0, 0.05) is 4.88 Å². The predicted molar refractivity (Wildman–Crippen MR) is 97.3 cm³/mol. The third-order valence-electron chi connectivity index (χ3n) is 4.14. The second-order valence-corrected chi connectivity index (χ2v) is 7.78. The van der Waals surface area contributed by atoms with E-state index in [0.29, 0.717) is 5.57 Å². The van der Waals surface area contributed by atoms with Crippen molar-refractivity contribution in [1.82, 2.24) is 10.2 Å². The van der Waals surface area contributed by atoms with Crippen molar-refractivity contribution in [2.45, 2.75) is 36.9 Å². The second kappa shape index (κ2) is 10.4. The smallest absolute Gasteiger partial charge is 1.00 e. The van der Waals surface area contributed by atoms with Gasteiger partial charge in [-0.3, -0.25) is 9.59 Å². The topological polar surface area (TPSA) is 98.8 Å². The van der Waals surface area contributed by atoms with Gasteiger partial charge in [-0.2, -0.15) is 0 Å². The van der Waals surface area contributed by atoms with Gasteiger partial charge in [-0.25, -0.2) is 4.79 Å². The average Bonchev–Trinajstić information content (AvgIpc) is 3.10. The Bertz CT molecular complexity index is 728. The molecule has 1 aromatic rings. The van der Waals surface area contributed by atoms with Crippen LogP contribution in [0.2, 0.25) is 0 Å². The number of carbonyl (C=O) groups excluding carboxylic acids is 3. The summed E-state index contributed by atoms with van der Waals surface area (Å²) in [6.45, 7) is 1.42. The van der Waals surface area contributed by atoms with E-state index in [0.717, 1.165) is 4.88 Å². The Morgan fingerprint density at radius 1 is 1.44 bits per heavy atom. The number of esters is 1. The molecule has 0 spiro atoms. The number of thioether (sulfide) groups is 1.